The topological polar surface area (TPSA) is 52.3 Å². The minimum Gasteiger partial charge on any atom is -0.469 e. The van der Waals surface area contributed by atoms with Crippen molar-refractivity contribution in [3.8, 4) is 0 Å². The number of ether oxygens (including phenoxy) is 1. The summed E-state index contributed by atoms with van der Waals surface area (Å²) >= 11 is 0. The third kappa shape index (κ3) is 4.98. The molecule has 0 rings (SSSR count). The second kappa shape index (κ2) is 7.75. The van der Waals surface area contributed by atoms with Gasteiger partial charge in [-0.1, -0.05) is 0 Å². The van der Waals surface area contributed by atoms with E-state index >= 15 is 0 Å². The van der Waals surface area contributed by atoms with Gasteiger partial charge in [-0.05, 0) is 13.0 Å². The SMILES string of the molecule is COC(=O)C(CF)CCN.Cl. The summed E-state index contributed by atoms with van der Waals surface area (Å²) in [6.45, 7) is -0.381. The van der Waals surface area contributed by atoms with Crippen LogP contribution < -0.4 is 5.73 Å². The summed E-state index contributed by atoms with van der Waals surface area (Å²) in [6.07, 6.45) is 0.350. The van der Waals surface area contributed by atoms with E-state index in [-0.39, 0.29) is 12.4 Å². The number of methoxy groups -OCH3 is 1. The summed E-state index contributed by atoms with van der Waals surface area (Å²) in [5.41, 5.74) is 5.12. The van der Waals surface area contributed by atoms with E-state index in [2.05, 4.69) is 4.74 Å². The molecule has 0 aromatic carbocycles. The highest BCUT2D eigenvalue weighted by Crippen LogP contribution is 2.04. The van der Waals surface area contributed by atoms with Crippen molar-refractivity contribution in [2.45, 2.75) is 6.42 Å². The normalized spacial score (nSPS) is 11.5. The maximum atomic E-state index is 11.9. The zero-order valence-electron chi connectivity index (χ0n) is 6.38. The molecule has 0 saturated carbocycles. The molecule has 3 nitrogen and oxygen atoms in total. The number of rotatable bonds is 4. The van der Waals surface area contributed by atoms with Crippen LogP contribution in [0.2, 0.25) is 0 Å². The Hall–Kier alpha value is -0.350. The number of alkyl halides is 1. The zero-order valence-corrected chi connectivity index (χ0v) is 7.20. The Morgan fingerprint density at radius 3 is 2.55 bits per heavy atom. The molecule has 1 atom stereocenters. The summed E-state index contributed by atoms with van der Waals surface area (Å²) in [6, 6.07) is 0. The monoisotopic (exact) mass is 185 g/mol. The minimum atomic E-state index is -0.691. The van der Waals surface area contributed by atoms with Crippen LogP contribution in [0.4, 0.5) is 4.39 Å². The quantitative estimate of drug-likeness (QED) is 0.650. The molecule has 0 radical (unpaired) electrons. The first-order valence-electron chi connectivity index (χ1n) is 3.10. The fourth-order valence-electron chi connectivity index (χ4n) is 0.626. The number of esters is 1. The van der Waals surface area contributed by atoms with Crippen molar-refractivity contribution >= 4 is 18.4 Å². The van der Waals surface area contributed by atoms with E-state index in [1.165, 1.54) is 7.11 Å². The maximum Gasteiger partial charge on any atom is 0.311 e. The van der Waals surface area contributed by atoms with Gasteiger partial charge in [0.25, 0.3) is 0 Å². The molecule has 0 spiro atoms. The van der Waals surface area contributed by atoms with E-state index in [4.69, 9.17) is 5.73 Å². The molecule has 11 heavy (non-hydrogen) atoms. The Labute approximate surface area is 71.5 Å². The Balaban J connectivity index is 0. The van der Waals surface area contributed by atoms with Gasteiger partial charge in [0.15, 0.2) is 0 Å². The predicted molar refractivity (Wildman–Crippen MR) is 42.4 cm³/mol. The van der Waals surface area contributed by atoms with Crippen LogP contribution in [0, 0.1) is 5.92 Å². The van der Waals surface area contributed by atoms with Crippen molar-refractivity contribution < 1.29 is 13.9 Å². The molecule has 0 aromatic rings. The van der Waals surface area contributed by atoms with Crippen molar-refractivity contribution in [3.05, 3.63) is 0 Å². The highest BCUT2D eigenvalue weighted by Gasteiger charge is 2.17. The lowest BCUT2D eigenvalue weighted by atomic mass is 10.1. The molecule has 0 saturated heterocycles. The molecule has 5 heteroatoms. The second-order valence-corrected chi connectivity index (χ2v) is 1.95. The van der Waals surface area contributed by atoms with E-state index in [1.54, 1.807) is 0 Å². The lowest BCUT2D eigenvalue weighted by molar-refractivity contribution is -0.146. The van der Waals surface area contributed by atoms with Crippen molar-refractivity contribution in [2.75, 3.05) is 20.3 Å². The summed E-state index contributed by atoms with van der Waals surface area (Å²) in [7, 11) is 1.24. The standard InChI is InChI=1S/C6H12FNO2.ClH/c1-10-6(9)5(4-7)2-3-8;/h5H,2-4,8H2,1H3;1H. The minimum absolute atomic E-state index is 0. The fraction of sp³-hybridized carbons (Fsp3) is 0.833. The zero-order chi connectivity index (χ0) is 7.98. The molecule has 1 unspecified atom stereocenters. The van der Waals surface area contributed by atoms with E-state index < -0.39 is 18.6 Å². The lowest BCUT2D eigenvalue weighted by Gasteiger charge is -2.07. The summed E-state index contributed by atoms with van der Waals surface area (Å²) in [5.74, 6) is -1.19. The van der Waals surface area contributed by atoms with Crippen LogP contribution in [-0.2, 0) is 9.53 Å². The van der Waals surface area contributed by atoms with Gasteiger partial charge in [-0.25, -0.2) is 0 Å². The highest BCUT2D eigenvalue weighted by molar-refractivity contribution is 5.85. The number of halogens is 2. The number of carbonyl (C=O) groups excluding carboxylic acids is 1. The number of carbonyl (C=O) groups is 1. The molecule has 68 valence electrons. The van der Waals surface area contributed by atoms with Gasteiger partial charge in [0.1, 0.15) is 6.67 Å². The van der Waals surface area contributed by atoms with Crippen molar-refractivity contribution in [1.29, 1.82) is 0 Å². The van der Waals surface area contributed by atoms with Gasteiger partial charge < -0.3 is 10.5 Å². The first-order valence-corrected chi connectivity index (χ1v) is 3.10. The smallest absolute Gasteiger partial charge is 0.311 e. The molecule has 0 fully saturated rings. The van der Waals surface area contributed by atoms with E-state index in [9.17, 15) is 9.18 Å². The van der Waals surface area contributed by atoms with Gasteiger partial charge in [0.2, 0.25) is 0 Å². The van der Waals surface area contributed by atoms with Crippen LogP contribution >= 0.6 is 12.4 Å². The molecule has 2 N–H and O–H groups in total. The second-order valence-electron chi connectivity index (χ2n) is 1.95. The largest absolute Gasteiger partial charge is 0.469 e. The summed E-state index contributed by atoms with van der Waals surface area (Å²) in [5, 5.41) is 0. The molecular weight excluding hydrogens is 173 g/mol. The number of hydrogen-bond donors (Lipinski definition) is 1. The van der Waals surface area contributed by atoms with Gasteiger partial charge >= 0.3 is 5.97 Å². The average molecular weight is 186 g/mol. The van der Waals surface area contributed by atoms with Crippen LogP contribution in [0.3, 0.4) is 0 Å². The van der Waals surface area contributed by atoms with E-state index in [1.807, 2.05) is 0 Å². The molecule has 0 aromatic heterocycles. The molecule has 0 heterocycles. The first kappa shape index (κ1) is 13.3. The molecule has 0 aliphatic carbocycles. The fourth-order valence-corrected chi connectivity index (χ4v) is 0.626. The number of nitrogens with two attached hydrogens (primary N) is 1. The molecule has 0 aliphatic rings. The third-order valence-corrected chi connectivity index (χ3v) is 1.24. The lowest BCUT2D eigenvalue weighted by Crippen LogP contribution is -2.21. The van der Waals surface area contributed by atoms with Gasteiger partial charge in [-0.2, -0.15) is 0 Å². The van der Waals surface area contributed by atoms with E-state index in [0.717, 1.165) is 0 Å². The molecule has 0 amide bonds. The molecular formula is C6H13ClFNO2. The average Bonchev–Trinajstić information content (AvgIpc) is 1.99. The molecule has 0 aliphatic heterocycles. The molecule has 0 bridgehead atoms. The first-order chi connectivity index (χ1) is 4.76. The van der Waals surface area contributed by atoms with Crippen molar-refractivity contribution in [2.24, 2.45) is 11.7 Å². The van der Waals surface area contributed by atoms with Crippen LogP contribution in [-0.4, -0.2) is 26.3 Å². The van der Waals surface area contributed by atoms with Crippen LogP contribution in [0.25, 0.3) is 0 Å². The number of hydrogen-bond acceptors (Lipinski definition) is 3. The van der Waals surface area contributed by atoms with Crippen molar-refractivity contribution in [3.63, 3.8) is 0 Å². The highest BCUT2D eigenvalue weighted by atomic mass is 35.5. The third-order valence-electron chi connectivity index (χ3n) is 1.24. The van der Waals surface area contributed by atoms with Gasteiger partial charge in [0.05, 0.1) is 13.0 Å². The van der Waals surface area contributed by atoms with Gasteiger partial charge in [-0.3, -0.25) is 9.18 Å². The van der Waals surface area contributed by atoms with Crippen LogP contribution in [0.1, 0.15) is 6.42 Å². The summed E-state index contributed by atoms with van der Waals surface area (Å²) in [4.78, 5) is 10.6. The van der Waals surface area contributed by atoms with Crippen LogP contribution in [0.15, 0.2) is 0 Å². The van der Waals surface area contributed by atoms with Gasteiger partial charge in [-0.15, -0.1) is 12.4 Å². The summed E-state index contributed by atoms with van der Waals surface area (Å²) < 4.78 is 16.2. The van der Waals surface area contributed by atoms with E-state index in [0.29, 0.717) is 13.0 Å². The Morgan fingerprint density at radius 1 is 1.73 bits per heavy atom. The van der Waals surface area contributed by atoms with Gasteiger partial charge in [0, 0.05) is 0 Å². The van der Waals surface area contributed by atoms with Crippen molar-refractivity contribution in [1.82, 2.24) is 0 Å². The predicted octanol–water partition coefficient (Wildman–Crippen LogP) is 0.516. The Kier molecular flexibility index (Phi) is 9.34. The maximum absolute atomic E-state index is 11.9. The Bertz CT molecular complexity index is 113. The Morgan fingerprint density at radius 2 is 2.27 bits per heavy atom. The van der Waals surface area contributed by atoms with Crippen LogP contribution in [0.5, 0.6) is 0 Å².